The van der Waals surface area contributed by atoms with Crippen LogP contribution in [0.2, 0.25) is 0 Å². The van der Waals surface area contributed by atoms with Crippen molar-refractivity contribution >= 4 is 11.9 Å². The van der Waals surface area contributed by atoms with Crippen LogP contribution in [0.4, 0.5) is 0 Å². The summed E-state index contributed by atoms with van der Waals surface area (Å²) < 4.78 is 5.14. The van der Waals surface area contributed by atoms with Crippen LogP contribution >= 0.6 is 0 Å². The molecule has 0 bridgehead atoms. The number of carbonyl (C=O) groups is 1. The molecule has 0 aromatic heterocycles. The van der Waals surface area contributed by atoms with Gasteiger partial charge in [-0.05, 0) is 49.3 Å². The minimum atomic E-state index is -0.124. The maximum absolute atomic E-state index is 12.2. The van der Waals surface area contributed by atoms with Crippen molar-refractivity contribution in [1.82, 2.24) is 16.0 Å². The highest BCUT2D eigenvalue weighted by atomic mass is 16.5. The zero-order valence-electron chi connectivity index (χ0n) is 17.8. The first kappa shape index (κ1) is 23.0. The average molecular weight is 405 g/mol. The maximum atomic E-state index is 12.2. The number of rotatable bonds is 10. The lowest BCUT2D eigenvalue weighted by Gasteiger charge is -2.37. The van der Waals surface area contributed by atoms with Gasteiger partial charge in [0.1, 0.15) is 12.3 Å². The molecule has 162 valence electrons. The van der Waals surface area contributed by atoms with Gasteiger partial charge >= 0.3 is 0 Å². The van der Waals surface area contributed by atoms with Gasteiger partial charge in [0, 0.05) is 26.2 Å². The van der Waals surface area contributed by atoms with E-state index in [4.69, 9.17) is 4.74 Å². The van der Waals surface area contributed by atoms with Gasteiger partial charge in [-0.2, -0.15) is 0 Å². The first-order chi connectivity index (χ1) is 14.1. The largest absolute Gasteiger partial charge is 0.497 e. The molecule has 1 aromatic carbocycles. The quantitative estimate of drug-likeness (QED) is 0.354. The zero-order valence-corrected chi connectivity index (χ0v) is 17.8. The number of methoxy groups -OCH3 is 1. The van der Waals surface area contributed by atoms with Crippen LogP contribution in [0.1, 0.15) is 51.0 Å². The van der Waals surface area contributed by atoms with E-state index < -0.39 is 0 Å². The van der Waals surface area contributed by atoms with Gasteiger partial charge in [0.25, 0.3) is 0 Å². The summed E-state index contributed by atoms with van der Waals surface area (Å²) in [7, 11) is 1.63. The van der Waals surface area contributed by atoms with Crippen molar-refractivity contribution in [3.63, 3.8) is 0 Å². The molecule has 1 aliphatic rings. The Morgan fingerprint density at radius 2 is 1.86 bits per heavy atom. The Morgan fingerprint density at radius 1 is 1.14 bits per heavy atom. The predicted molar refractivity (Wildman–Crippen MR) is 116 cm³/mol. The second-order valence-corrected chi connectivity index (χ2v) is 7.71. The highest BCUT2D eigenvalue weighted by molar-refractivity contribution is 5.84. The van der Waals surface area contributed by atoms with Gasteiger partial charge in [-0.1, -0.05) is 31.4 Å². The van der Waals surface area contributed by atoms with E-state index >= 15 is 0 Å². The van der Waals surface area contributed by atoms with Crippen LogP contribution in [0.15, 0.2) is 29.3 Å². The molecular weight excluding hydrogens is 368 g/mol. The van der Waals surface area contributed by atoms with Crippen LogP contribution in [-0.2, 0) is 11.3 Å². The summed E-state index contributed by atoms with van der Waals surface area (Å²) >= 11 is 0. The molecule has 2 rings (SSSR count). The van der Waals surface area contributed by atoms with E-state index in [1.807, 2.05) is 31.2 Å². The fourth-order valence-corrected chi connectivity index (χ4v) is 3.82. The lowest BCUT2D eigenvalue weighted by Crippen LogP contribution is -2.45. The number of aliphatic imine (C=N–C) groups is 1. The normalized spacial score (nSPS) is 16.2. The van der Waals surface area contributed by atoms with Gasteiger partial charge in [-0.3, -0.25) is 4.79 Å². The standard InChI is InChI=1S/C22H36N4O3/c1-3-23-21(26-17-22(13-14-27)11-5-4-6-12-22)25-16-20(28)24-15-18-7-9-19(29-2)10-8-18/h7-10,27H,3-6,11-17H2,1-2H3,(H,24,28)(H2,23,25,26). The number of hydrogen-bond acceptors (Lipinski definition) is 4. The Balaban J connectivity index is 1.83. The smallest absolute Gasteiger partial charge is 0.242 e. The summed E-state index contributed by atoms with van der Waals surface area (Å²) in [4.78, 5) is 16.6. The lowest BCUT2D eigenvalue weighted by molar-refractivity contribution is -0.119. The summed E-state index contributed by atoms with van der Waals surface area (Å²) in [5.41, 5.74) is 1.14. The number of nitrogens with one attached hydrogen (secondary N) is 3. The maximum Gasteiger partial charge on any atom is 0.242 e. The van der Waals surface area contributed by atoms with Crippen molar-refractivity contribution < 1.29 is 14.6 Å². The number of carbonyl (C=O) groups excluding carboxylic acids is 1. The second-order valence-electron chi connectivity index (χ2n) is 7.71. The summed E-state index contributed by atoms with van der Waals surface area (Å²) in [6.07, 6.45) is 6.76. The van der Waals surface area contributed by atoms with Gasteiger partial charge in [-0.15, -0.1) is 0 Å². The van der Waals surface area contributed by atoms with Gasteiger partial charge < -0.3 is 25.8 Å². The molecule has 7 nitrogen and oxygen atoms in total. The number of nitrogens with zero attached hydrogens (tertiary/aromatic N) is 1. The van der Waals surface area contributed by atoms with Crippen molar-refractivity contribution in [3.8, 4) is 5.75 Å². The fraction of sp³-hybridized carbons (Fsp3) is 0.636. The Bertz CT molecular complexity index is 634. The predicted octanol–water partition coefficient (Wildman–Crippen LogP) is 2.20. The van der Waals surface area contributed by atoms with Gasteiger partial charge in [-0.25, -0.2) is 4.99 Å². The van der Waals surface area contributed by atoms with E-state index in [0.717, 1.165) is 43.7 Å². The number of benzene rings is 1. The summed E-state index contributed by atoms with van der Waals surface area (Å²) in [5.74, 6) is 1.32. The summed E-state index contributed by atoms with van der Waals surface area (Å²) in [5, 5.41) is 19.0. The SMILES string of the molecule is CCNC(=NCC(=O)NCc1ccc(OC)cc1)NCC1(CCO)CCCCC1. The van der Waals surface area contributed by atoms with Crippen molar-refractivity contribution in [2.24, 2.45) is 10.4 Å². The third-order valence-corrected chi connectivity index (χ3v) is 5.56. The molecule has 1 amide bonds. The average Bonchev–Trinajstić information content (AvgIpc) is 2.75. The highest BCUT2D eigenvalue weighted by Crippen LogP contribution is 2.38. The van der Waals surface area contributed by atoms with Gasteiger partial charge in [0.05, 0.1) is 7.11 Å². The third-order valence-electron chi connectivity index (χ3n) is 5.56. The number of guanidine groups is 1. The molecule has 4 N–H and O–H groups in total. The molecule has 0 unspecified atom stereocenters. The van der Waals surface area contributed by atoms with Crippen molar-refractivity contribution in [3.05, 3.63) is 29.8 Å². The Kier molecular flexibility index (Phi) is 9.77. The number of hydrogen-bond donors (Lipinski definition) is 4. The molecule has 1 aliphatic carbocycles. The molecule has 0 atom stereocenters. The third kappa shape index (κ3) is 7.93. The van der Waals surface area contributed by atoms with Crippen LogP contribution < -0.4 is 20.7 Å². The molecule has 1 saturated carbocycles. The van der Waals surface area contributed by atoms with Crippen LogP contribution in [0.5, 0.6) is 5.75 Å². The first-order valence-corrected chi connectivity index (χ1v) is 10.6. The van der Waals surface area contributed by atoms with Gasteiger partial charge in [0.2, 0.25) is 5.91 Å². The number of aliphatic hydroxyl groups excluding tert-OH is 1. The lowest BCUT2D eigenvalue weighted by atomic mass is 9.72. The first-order valence-electron chi connectivity index (χ1n) is 10.6. The molecule has 1 fully saturated rings. The highest BCUT2D eigenvalue weighted by Gasteiger charge is 2.31. The minimum absolute atomic E-state index is 0.0679. The number of aliphatic hydroxyl groups is 1. The van der Waals surface area contributed by atoms with E-state index in [2.05, 4.69) is 20.9 Å². The topological polar surface area (TPSA) is 95.0 Å². The molecule has 0 heterocycles. The summed E-state index contributed by atoms with van der Waals surface area (Å²) in [6.45, 7) is 4.24. The molecule has 0 spiro atoms. The van der Waals surface area contributed by atoms with E-state index in [9.17, 15) is 9.90 Å². The fourth-order valence-electron chi connectivity index (χ4n) is 3.82. The Hall–Kier alpha value is -2.28. The molecule has 7 heteroatoms. The van der Waals surface area contributed by atoms with Crippen LogP contribution in [0.25, 0.3) is 0 Å². The van der Waals surface area contributed by atoms with E-state index in [0.29, 0.717) is 12.5 Å². The van der Waals surface area contributed by atoms with Crippen molar-refractivity contribution in [1.29, 1.82) is 0 Å². The van der Waals surface area contributed by atoms with E-state index in [1.165, 1.54) is 19.3 Å². The van der Waals surface area contributed by atoms with Crippen molar-refractivity contribution in [2.45, 2.75) is 52.0 Å². The van der Waals surface area contributed by atoms with Gasteiger partial charge in [0.15, 0.2) is 5.96 Å². The Morgan fingerprint density at radius 3 is 2.48 bits per heavy atom. The molecular formula is C22H36N4O3. The van der Waals surface area contributed by atoms with E-state index in [1.54, 1.807) is 7.11 Å². The zero-order chi connectivity index (χ0) is 21.0. The van der Waals surface area contributed by atoms with E-state index in [-0.39, 0.29) is 24.5 Å². The van der Waals surface area contributed by atoms with Crippen LogP contribution in [-0.4, -0.2) is 50.3 Å². The molecule has 29 heavy (non-hydrogen) atoms. The number of amides is 1. The minimum Gasteiger partial charge on any atom is -0.497 e. The summed E-state index contributed by atoms with van der Waals surface area (Å²) in [6, 6.07) is 7.61. The molecule has 0 saturated heterocycles. The van der Waals surface area contributed by atoms with Crippen molar-refractivity contribution in [2.75, 3.05) is 33.4 Å². The molecule has 0 radical (unpaired) electrons. The number of ether oxygens (including phenoxy) is 1. The Labute approximate surface area is 174 Å². The van der Waals surface area contributed by atoms with Crippen LogP contribution in [0.3, 0.4) is 0 Å². The van der Waals surface area contributed by atoms with Crippen LogP contribution in [0, 0.1) is 5.41 Å². The second kappa shape index (κ2) is 12.3. The molecule has 0 aliphatic heterocycles. The molecule has 1 aromatic rings. The monoisotopic (exact) mass is 404 g/mol.